The van der Waals surface area contributed by atoms with Crippen molar-refractivity contribution in [1.82, 2.24) is 9.80 Å². The molecule has 0 radical (unpaired) electrons. The summed E-state index contributed by atoms with van der Waals surface area (Å²) in [7, 11) is 0. The molecule has 7 heteroatoms. The molecule has 1 spiro atoms. The van der Waals surface area contributed by atoms with Crippen LogP contribution in [0.3, 0.4) is 0 Å². The van der Waals surface area contributed by atoms with Crippen LogP contribution in [-0.4, -0.2) is 55.1 Å². The molecule has 2 aromatic rings. The predicted molar refractivity (Wildman–Crippen MR) is 140 cm³/mol. The fourth-order valence-electron chi connectivity index (χ4n) is 5.42. The van der Waals surface area contributed by atoms with Gasteiger partial charge < -0.3 is 20.1 Å². The first-order chi connectivity index (χ1) is 17.3. The monoisotopic (exact) mass is 495 g/mol. The molecule has 0 atom stereocenters. The largest absolute Gasteiger partial charge is 0.493 e. The Balaban J connectivity index is 1.47. The zero-order valence-electron chi connectivity index (χ0n) is 21.5. The van der Waals surface area contributed by atoms with Crippen molar-refractivity contribution >= 4 is 5.91 Å². The van der Waals surface area contributed by atoms with E-state index in [1.54, 1.807) is 12.1 Å². The van der Waals surface area contributed by atoms with Gasteiger partial charge in [-0.1, -0.05) is 18.7 Å². The minimum atomic E-state index is -0.272. The number of nitrogens with zero attached hydrogens (tertiary/aromatic N) is 2. The molecule has 194 valence electrons. The Kier molecular flexibility index (Phi) is 8.19. The maximum Gasteiger partial charge on any atom is 0.223 e. The number of hydrogen-bond acceptors (Lipinski definition) is 5. The van der Waals surface area contributed by atoms with Crippen LogP contribution in [0.15, 0.2) is 48.7 Å². The first kappa shape index (κ1) is 26.0. The van der Waals surface area contributed by atoms with Crippen LogP contribution in [0.4, 0.5) is 4.39 Å². The number of carbonyl (C=O) groups excluding carboxylic acids is 1. The highest BCUT2D eigenvalue weighted by atomic mass is 19.1. The fraction of sp³-hybridized carbons (Fsp3) is 0.483. The Morgan fingerprint density at radius 1 is 1.08 bits per heavy atom. The van der Waals surface area contributed by atoms with Gasteiger partial charge in [0.1, 0.15) is 17.3 Å². The summed E-state index contributed by atoms with van der Waals surface area (Å²) in [4.78, 5) is 17.0. The van der Waals surface area contributed by atoms with Gasteiger partial charge in [0, 0.05) is 38.2 Å². The molecule has 2 aliphatic rings. The zero-order valence-corrected chi connectivity index (χ0v) is 21.5. The van der Waals surface area contributed by atoms with E-state index >= 15 is 0 Å². The third-order valence-electron chi connectivity index (χ3n) is 7.29. The van der Waals surface area contributed by atoms with E-state index in [2.05, 4.69) is 23.6 Å². The Bertz CT molecular complexity index is 1050. The minimum Gasteiger partial charge on any atom is -0.493 e. The molecule has 2 heterocycles. The number of rotatable bonds is 10. The molecule has 4 rings (SSSR count). The summed E-state index contributed by atoms with van der Waals surface area (Å²) in [5.74, 6) is 1.46. The molecule has 0 unspecified atom stereocenters. The summed E-state index contributed by atoms with van der Waals surface area (Å²) in [5.41, 5.74) is 9.25. The molecule has 0 bridgehead atoms. The SMILES string of the molecule is C=C(N)CCN1CC2(CCN(Cc3cc(OCC)c(-c4ccc(F)cc4)c(OCC)c3)CC2)CC1=O. The number of carbonyl (C=O) groups is 1. The molecule has 2 aromatic carbocycles. The summed E-state index contributed by atoms with van der Waals surface area (Å²) in [6, 6.07) is 10.6. The lowest BCUT2D eigenvalue weighted by molar-refractivity contribution is -0.127. The van der Waals surface area contributed by atoms with Gasteiger partial charge in [-0.25, -0.2) is 4.39 Å². The normalized spacial score (nSPS) is 17.5. The molecule has 2 aliphatic heterocycles. The molecule has 6 nitrogen and oxygen atoms in total. The Morgan fingerprint density at radius 2 is 1.69 bits per heavy atom. The van der Waals surface area contributed by atoms with Crippen molar-refractivity contribution in [3.63, 3.8) is 0 Å². The lowest BCUT2D eigenvalue weighted by Crippen LogP contribution is -2.41. The quantitative estimate of drug-likeness (QED) is 0.504. The topological polar surface area (TPSA) is 68.0 Å². The molecule has 0 aliphatic carbocycles. The fourth-order valence-corrected chi connectivity index (χ4v) is 5.42. The lowest BCUT2D eigenvalue weighted by Gasteiger charge is -2.39. The van der Waals surface area contributed by atoms with Gasteiger partial charge in [0.2, 0.25) is 5.91 Å². The number of benzene rings is 2. The maximum atomic E-state index is 13.5. The van der Waals surface area contributed by atoms with Gasteiger partial charge in [-0.15, -0.1) is 0 Å². The van der Waals surface area contributed by atoms with E-state index in [4.69, 9.17) is 15.2 Å². The van der Waals surface area contributed by atoms with Gasteiger partial charge in [-0.2, -0.15) is 0 Å². The minimum absolute atomic E-state index is 0.0723. The number of likely N-dealkylation sites (tertiary alicyclic amines) is 2. The average Bonchev–Trinajstić information content (AvgIpc) is 3.15. The summed E-state index contributed by atoms with van der Waals surface area (Å²) < 4.78 is 25.6. The van der Waals surface area contributed by atoms with Crippen molar-refractivity contribution in [2.75, 3.05) is 39.4 Å². The molecular weight excluding hydrogens is 457 g/mol. The van der Waals surface area contributed by atoms with Gasteiger partial charge >= 0.3 is 0 Å². The Morgan fingerprint density at radius 3 is 2.25 bits per heavy atom. The highest BCUT2D eigenvalue weighted by Gasteiger charge is 2.44. The molecular formula is C29H38FN3O3. The van der Waals surface area contributed by atoms with Crippen LogP contribution in [-0.2, 0) is 11.3 Å². The second-order valence-electron chi connectivity index (χ2n) is 10.0. The van der Waals surface area contributed by atoms with Gasteiger partial charge in [0.25, 0.3) is 0 Å². The van der Waals surface area contributed by atoms with Crippen molar-refractivity contribution in [1.29, 1.82) is 0 Å². The van der Waals surface area contributed by atoms with Gasteiger partial charge in [-0.05, 0) is 80.6 Å². The molecule has 36 heavy (non-hydrogen) atoms. The van der Waals surface area contributed by atoms with Gasteiger partial charge in [0.15, 0.2) is 0 Å². The Labute approximate surface area is 213 Å². The van der Waals surface area contributed by atoms with Crippen molar-refractivity contribution in [2.24, 2.45) is 11.1 Å². The summed E-state index contributed by atoms with van der Waals surface area (Å²) >= 11 is 0. The van der Waals surface area contributed by atoms with E-state index in [0.717, 1.165) is 67.2 Å². The maximum absolute atomic E-state index is 13.5. The van der Waals surface area contributed by atoms with E-state index in [1.807, 2.05) is 18.7 Å². The number of hydrogen-bond donors (Lipinski definition) is 1. The molecule has 2 fully saturated rings. The van der Waals surface area contributed by atoms with Crippen LogP contribution in [0.5, 0.6) is 11.5 Å². The second kappa shape index (κ2) is 11.3. The Hall–Kier alpha value is -3.06. The van der Waals surface area contributed by atoms with Crippen LogP contribution < -0.4 is 15.2 Å². The van der Waals surface area contributed by atoms with E-state index in [0.29, 0.717) is 38.3 Å². The highest BCUT2D eigenvalue weighted by molar-refractivity contribution is 5.79. The zero-order chi connectivity index (χ0) is 25.7. The van der Waals surface area contributed by atoms with Crippen molar-refractivity contribution in [2.45, 2.75) is 46.1 Å². The highest BCUT2D eigenvalue weighted by Crippen LogP contribution is 2.43. The average molecular weight is 496 g/mol. The summed E-state index contributed by atoms with van der Waals surface area (Å²) in [6.07, 6.45) is 3.30. The van der Waals surface area contributed by atoms with Crippen LogP contribution in [0, 0.1) is 11.2 Å². The van der Waals surface area contributed by atoms with E-state index in [-0.39, 0.29) is 17.1 Å². The van der Waals surface area contributed by atoms with Crippen LogP contribution in [0.1, 0.15) is 45.1 Å². The van der Waals surface area contributed by atoms with Crippen molar-refractivity contribution in [3.8, 4) is 22.6 Å². The van der Waals surface area contributed by atoms with E-state index in [1.165, 1.54) is 12.1 Å². The third kappa shape index (κ3) is 6.01. The lowest BCUT2D eigenvalue weighted by atomic mass is 9.77. The number of nitrogens with two attached hydrogens (primary N) is 1. The number of halogens is 1. The summed E-state index contributed by atoms with van der Waals surface area (Å²) in [6.45, 7) is 12.9. The molecule has 0 saturated carbocycles. The number of piperidine rings is 1. The first-order valence-corrected chi connectivity index (χ1v) is 12.9. The molecule has 0 aromatic heterocycles. The molecule has 1 amide bonds. The summed E-state index contributed by atoms with van der Waals surface area (Å²) in [5, 5.41) is 0. The van der Waals surface area contributed by atoms with Crippen molar-refractivity contribution < 1.29 is 18.7 Å². The molecule has 2 saturated heterocycles. The number of ether oxygens (including phenoxy) is 2. The molecule has 2 N–H and O–H groups in total. The second-order valence-corrected chi connectivity index (χ2v) is 10.0. The van der Waals surface area contributed by atoms with Crippen molar-refractivity contribution in [3.05, 3.63) is 60.1 Å². The predicted octanol–water partition coefficient (Wildman–Crippen LogP) is 4.97. The van der Waals surface area contributed by atoms with Crippen LogP contribution >= 0.6 is 0 Å². The third-order valence-corrected chi connectivity index (χ3v) is 7.29. The standard InChI is InChI=1S/C29H38FN3O3/c1-4-35-25-16-22(17-26(36-5-2)28(25)23-6-8-24(30)9-7-23)19-32-14-11-29(12-15-32)18-27(34)33(20-29)13-10-21(3)31/h6-9,16-17H,3-5,10-15,18-20,31H2,1-2H3. The van der Waals surface area contributed by atoms with Gasteiger partial charge in [-0.3, -0.25) is 9.69 Å². The van der Waals surface area contributed by atoms with Crippen LogP contribution in [0.2, 0.25) is 0 Å². The first-order valence-electron chi connectivity index (χ1n) is 12.9. The smallest absolute Gasteiger partial charge is 0.223 e. The number of amides is 1. The van der Waals surface area contributed by atoms with E-state index < -0.39 is 0 Å². The van der Waals surface area contributed by atoms with E-state index in [9.17, 15) is 9.18 Å². The van der Waals surface area contributed by atoms with Crippen LogP contribution in [0.25, 0.3) is 11.1 Å². The van der Waals surface area contributed by atoms with Gasteiger partial charge in [0.05, 0.1) is 18.8 Å².